The average molecular weight is 564 g/mol. The van der Waals surface area contributed by atoms with Gasteiger partial charge in [0.2, 0.25) is 0 Å². The van der Waals surface area contributed by atoms with Crippen molar-refractivity contribution in [2.24, 2.45) is 5.92 Å². The first-order valence-electron chi connectivity index (χ1n) is 15.6. The second-order valence-electron chi connectivity index (χ2n) is 12.1. The van der Waals surface area contributed by atoms with Gasteiger partial charge in [0.15, 0.2) is 5.76 Å². The minimum absolute atomic E-state index is 0.0477. The zero-order chi connectivity index (χ0) is 28.4. The molecule has 212 valence electrons. The van der Waals surface area contributed by atoms with Crippen LogP contribution in [-0.2, 0) is 19.6 Å². The summed E-state index contributed by atoms with van der Waals surface area (Å²) < 4.78 is 18.8. The minimum atomic E-state index is -0.538. The maximum atomic E-state index is 6.64. The van der Waals surface area contributed by atoms with Gasteiger partial charge in [-0.2, -0.15) is 0 Å². The lowest BCUT2D eigenvalue weighted by molar-refractivity contribution is 0.197. The summed E-state index contributed by atoms with van der Waals surface area (Å²) in [6.45, 7) is 2.26. The normalized spacial score (nSPS) is 25.1. The van der Waals surface area contributed by atoms with E-state index in [0.29, 0.717) is 6.42 Å². The molecule has 4 nitrogen and oxygen atoms in total. The predicted molar refractivity (Wildman–Crippen MR) is 169 cm³/mol. The van der Waals surface area contributed by atoms with Crippen LogP contribution in [-0.4, -0.2) is 13.1 Å². The van der Waals surface area contributed by atoms with Gasteiger partial charge in [0.05, 0.1) is 17.6 Å². The number of ether oxygens (including phenoxy) is 3. The van der Waals surface area contributed by atoms with Gasteiger partial charge in [0.1, 0.15) is 24.0 Å². The van der Waals surface area contributed by atoms with Gasteiger partial charge in [-0.25, -0.2) is 0 Å². The van der Waals surface area contributed by atoms with E-state index in [9.17, 15) is 0 Å². The van der Waals surface area contributed by atoms with Gasteiger partial charge in [-0.15, -0.1) is 0 Å². The highest BCUT2D eigenvalue weighted by atomic mass is 16.5. The van der Waals surface area contributed by atoms with Crippen molar-refractivity contribution < 1.29 is 14.2 Å². The third-order valence-corrected chi connectivity index (χ3v) is 10.0. The number of hydrogen-bond donors (Lipinski definition) is 0. The van der Waals surface area contributed by atoms with Crippen LogP contribution in [0.5, 0.6) is 0 Å². The molecule has 0 amide bonds. The molecule has 0 radical (unpaired) electrons. The molecular formula is C39H33NO3. The molecule has 9 rings (SSSR count). The molecule has 6 aliphatic rings. The second kappa shape index (κ2) is 9.67. The van der Waals surface area contributed by atoms with E-state index < -0.39 is 5.41 Å². The molecule has 3 aromatic carbocycles. The van der Waals surface area contributed by atoms with Crippen molar-refractivity contribution in [3.63, 3.8) is 0 Å². The number of allylic oxidation sites excluding steroid dienone is 5. The van der Waals surface area contributed by atoms with Crippen LogP contribution in [0.25, 0.3) is 5.57 Å². The Morgan fingerprint density at radius 2 is 1.47 bits per heavy atom. The highest BCUT2D eigenvalue weighted by Gasteiger charge is 2.55. The van der Waals surface area contributed by atoms with Crippen molar-refractivity contribution in [1.29, 1.82) is 0 Å². The van der Waals surface area contributed by atoms with E-state index in [4.69, 9.17) is 14.2 Å². The fourth-order valence-corrected chi connectivity index (χ4v) is 8.29. The highest BCUT2D eigenvalue weighted by molar-refractivity contribution is 5.98. The van der Waals surface area contributed by atoms with Crippen LogP contribution >= 0.6 is 0 Å². The molecule has 0 bridgehead atoms. The first-order valence-corrected chi connectivity index (χ1v) is 15.6. The number of hydrogen-bond acceptors (Lipinski definition) is 4. The van der Waals surface area contributed by atoms with Crippen molar-refractivity contribution in [3.8, 4) is 0 Å². The molecule has 0 saturated carbocycles. The molecular weight excluding hydrogens is 530 g/mol. The molecule has 2 unspecified atom stereocenters. The van der Waals surface area contributed by atoms with Crippen LogP contribution in [0.15, 0.2) is 144 Å². The monoisotopic (exact) mass is 563 g/mol. The van der Waals surface area contributed by atoms with E-state index in [1.54, 1.807) is 12.5 Å². The number of anilines is 1. The summed E-state index contributed by atoms with van der Waals surface area (Å²) >= 11 is 0. The van der Waals surface area contributed by atoms with Crippen LogP contribution < -0.4 is 4.90 Å². The minimum Gasteiger partial charge on any atom is -0.465 e. The van der Waals surface area contributed by atoms with Crippen molar-refractivity contribution >= 4 is 11.3 Å². The molecule has 3 aliphatic heterocycles. The Balaban J connectivity index is 1.32. The average Bonchev–Trinajstić information content (AvgIpc) is 3.41. The maximum absolute atomic E-state index is 6.64. The van der Waals surface area contributed by atoms with E-state index in [2.05, 4.69) is 95.9 Å². The first kappa shape index (κ1) is 24.9. The van der Waals surface area contributed by atoms with Crippen molar-refractivity contribution in [3.05, 3.63) is 166 Å². The van der Waals surface area contributed by atoms with Gasteiger partial charge in [0.25, 0.3) is 0 Å². The first-order chi connectivity index (χ1) is 21.4. The highest BCUT2D eigenvalue weighted by Crippen LogP contribution is 2.64. The summed E-state index contributed by atoms with van der Waals surface area (Å²) in [5, 5.41) is 0. The van der Waals surface area contributed by atoms with E-state index in [1.807, 2.05) is 6.26 Å². The summed E-state index contributed by atoms with van der Waals surface area (Å²) in [6.07, 6.45) is 15.0. The van der Waals surface area contributed by atoms with Gasteiger partial charge in [-0.3, -0.25) is 0 Å². The Morgan fingerprint density at radius 3 is 2.33 bits per heavy atom. The standard InChI is InChI=1S/C39H33NO3/c1-3-10-26(11-4-1)39(27-15-17-28(18-16-27)40-21-7-2-8-22-40)32-14-6-5-12-29(32)34-30-19-20-33-38(43-25-24-41-33)35(30)31-13-9-23-42-37(31)36(34)39/h1,3-6,9-12,14-19,23-25,35H,2,7-8,13,20-22H2. The smallest absolute Gasteiger partial charge is 0.153 e. The van der Waals surface area contributed by atoms with Gasteiger partial charge in [-0.1, -0.05) is 72.8 Å². The van der Waals surface area contributed by atoms with Gasteiger partial charge in [-0.05, 0) is 82.9 Å². The molecule has 3 heterocycles. The van der Waals surface area contributed by atoms with E-state index in [1.165, 1.54) is 69.5 Å². The molecule has 0 N–H and O–H groups in total. The van der Waals surface area contributed by atoms with Gasteiger partial charge < -0.3 is 19.1 Å². The largest absolute Gasteiger partial charge is 0.465 e. The predicted octanol–water partition coefficient (Wildman–Crippen LogP) is 8.66. The lowest BCUT2D eigenvalue weighted by Crippen LogP contribution is -2.34. The summed E-state index contributed by atoms with van der Waals surface area (Å²) in [7, 11) is 0. The van der Waals surface area contributed by atoms with Crippen molar-refractivity contribution in [2.75, 3.05) is 18.0 Å². The Labute approximate surface area is 252 Å². The SMILES string of the molecule is C1=COC2=C(C1)C1C(=CCC3=C1OC=CO3)C1=C2C(c2ccccc2)(c2ccc(N3CCCCC3)cc2)c2ccccc21. The molecule has 3 aliphatic carbocycles. The maximum Gasteiger partial charge on any atom is 0.153 e. The molecule has 3 aromatic rings. The molecule has 43 heavy (non-hydrogen) atoms. The number of rotatable bonds is 3. The molecule has 4 heteroatoms. The van der Waals surface area contributed by atoms with Crippen LogP contribution in [0.4, 0.5) is 5.69 Å². The van der Waals surface area contributed by atoms with Crippen molar-refractivity contribution in [2.45, 2.75) is 37.5 Å². The molecule has 1 saturated heterocycles. The Kier molecular flexibility index (Phi) is 5.59. The Hall–Kier alpha value is -4.70. The Morgan fingerprint density at radius 1 is 0.698 bits per heavy atom. The zero-order valence-corrected chi connectivity index (χ0v) is 24.1. The Bertz CT molecular complexity index is 1820. The number of fused-ring (bicyclic) bond motifs is 7. The quantitative estimate of drug-likeness (QED) is 0.319. The van der Waals surface area contributed by atoms with Crippen LogP contribution in [0.3, 0.4) is 0 Å². The third-order valence-electron chi connectivity index (χ3n) is 10.0. The summed E-state index contributed by atoms with van der Waals surface area (Å²) in [4.78, 5) is 2.54. The lowest BCUT2D eigenvalue weighted by Gasteiger charge is -2.42. The zero-order valence-electron chi connectivity index (χ0n) is 24.1. The summed E-state index contributed by atoms with van der Waals surface area (Å²) in [5.41, 5.74) is 10.9. The number of piperidine rings is 1. The van der Waals surface area contributed by atoms with E-state index in [-0.39, 0.29) is 5.92 Å². The molecule has 0 aromatic heterocycles. The molecule has 1 fully saturated rings. The number of nitrogens with zero attached hydrogens (tertiary/aromatic N) is 1. The fourth-order valence-electron chi connectivity index (χ4n) is 8.29. The van der Waals surface area contributed by atoms with Crippen molar-refractivity contribution in [1.82, 2.24) is 0 Å². The van der Waals surface area contributed by atoms with Gasteiger partial charge in [0, 0.05) is 30.8 Å². The summed E-state index contributed by atoms with van der Waals surface area (Å²) in [6, 6.07) is 29.4. The fraction of sp³-hybridized carbons (Fsp3) is 0.231. The van der Waals surface area contributed by atoms with Crippen LogP contribution in [0, 0.1) is 5.92 Å². The number of benzene rings is 3. The van der Waals surface area contributed by atoms with Crippen LogP contribution in [0.2, 0.25) is 0 Å². The molecule has 2 atom stereocenters. The summed E-state index contributed by atoms with van der Waals surface area (Å²) in [5.74, 6) is 2.69. The lowest BCUT2D eigenvalue weighted by atomic mass is 9.63. The topological polar surface area (TPSA) is 30.9 Å². The third kappa shape index (κ3) is 3.50. The van der Waals surface area contributed by atoms with E-state index >= 15 is 0 Å². The van der Waals surface area contributed by atoms with E-state index in [0.717, 1.165) is 36.8 Å². The molecule has 0 spiro atoms. The van der Waals surface area contributed by atoms with Crippen LogP contribution in [0.1, 0.15) is 54.4 Å². The second-order valence-corrected chi connectivity index (χ2v) is 12.1. The van der Waals surface area contributed by atoms with Gasteiger partial charge >= 0.3 is 0 Å².